The molecular weight excluding hydrogens is 218 g/mol. The number of aliphatic hydroxyl groups excluding tert-OH is 1. The topological polar surface area (TPSA) is 105 Å². The van der Waals surface area contributed by atoms with E-state index >= 15 is 0 Å². The number of aliphatic hydroxyl groups is 1. The molecule has 0 aromatic heterocycles. The SMILES string of the molecule is NC1=NS(=O)(=O)NC2=C1C=CCC=C2O. The molecule has 0 saturated heterocycles. The van der Waals surface area contributed by atoms with Crippen molar-refractivity contribution in [3.05, 3.63) is 35.3 Å². The second-order valence-corrected chi connectivity index (χ2v) is 4.41. The highest BCUT2D eigenvalue weighted by molar-refractivity contribution is 7.88. The van der Waals surface area contributed by atoms with Crippen molar-refractivity contribution in [1.29, 1.82) is 0 Å². The summed E-state index contributed by atoms with van der Waals surface area (Å²) in [5, 5.41) is 9.56. The van der Waals surface area contributed by atoms with Gasteiger partial charge in [-0.05, 0) is 12.5 Å². The fraction of sp³-hybridized carbons (Fsp3) is 0.125. The molecule has 2 rings (SSSR count). The van der Waals surface area contributed by atoms with E-state index in [1.54, 1.807) is 12.2 Å². The largest absolute Gasteiger partial charge is 0.506 e. The third-order valence-corrected chi connectivity index (χ3v) is 2.88. The minimum Gasteiger partial charge on any atom is -0.506 e. The Morgan fingerprint density at radius 2 is 2.27 bits per heavy atom. The van der Waals surface area contributed by atoms with Crippen molar-refractivity contribution in [3.63, 3.8) is 0 Å². The molecule has 1 aliphatic heterocycles. The fourth-order valence-electron chi connectivity index (χ4n) is 1.34. The molecule has 0 fully saturated rings. The maximum atomic E-state index is 11.2. The van der Waals surface area contributed by atoms with Crippen LogP contribution in [0.3, 0.4) is 0 Å². The number of hydrogen-bond acceptors (Lipinski definition) is 4. The first-order valence-corrected chi connectivity index (χ1v) is 5.62. The Hall–Kier alpha value is -1.76. The van der Waals surface area contributed by atoms with Gasteiger partial charge in [0, 0.05) is 5.57 Å². The summed E-state index contributed by atoms with van der Waals surface area (Å²) in [6.45, 7) is 0. The van der Waals surface area contributed by atoms with Crippen LogP contribution in [0.2, 0.25) is 0 Å². The van der Waals surface area contributed by atoms with Gasteiger partial charge in [0.25, 0.3) is 0 Å². The summed E-state index contributed by atoms with van der Waals surface area (Å²) in [5.74, 6) is -0.265. The van der Waals surface area contributed by atoms with E-state index in [9.17, 15) is 13.5 Å². The Balaban J connectivity index is 2.63. The summed E-state index contributed by atoms with van der Waals surface area (Å²) in [7, 11) is -3.83. The monoisotopic (exact) mass is 227 g/mol. The third kappa shape index (κ3) is 1.73. The summed E-state index contributed by atoms with van der Waals surface area (Å²) < 4.78 is 27.8. The normalized spacial score (nSPS) is 23.5. The van der Waals surface area contributed by atoms with Gasteiger partial charge in [-0.3, -0.25) is 4.72 Å². The predicted octanol–water partition coefficient (Wildman–Crippen LogP) is -0.152. The summed E-state index contributed by atoms with van der Waals surface area (Å²) in [4.78, 5) is 0. The number of hydrogen-bond donors (Lipinski definition) is 3. The molecule has 0 saturated carbocycles. The Kier molecular flexibility index (Phi) is 2.04. The maximum absolute atomic E-state index is 11.2. The van der Waals surface area contributed by atoms with Crippen molar-refractivity contribution in [2.75, 3.05) is 0 Å². The Morgan fingerprint density at radius 3 is 3.00 bits per heavy atom. The lowest BCUT2D eigenvalue weighted by Crippen LogP contribution is -2.33. The van der Waals surface area contributed by atoms with Crippen LogP contribution in [-0.4, -0.2) is 19.4 Å². The highest BCUT2D eigenvalue weighted by Crippen LogP contribution is 2.20. The molecule has 1 aliphatic carbocycles. The van der Waals surface area contributed by atoms with Crippen LogP contribution in [0.25, 0.3) is 0 Å². The molecule has 4 N–H and O–H groups in total. The van der Waals surface area contributed by atoms with Crippen LogP contribution in [0.15, 0.2) is 39.7 Å². The van der Waals surface area contributed by atoms with Crippen LogP contribution >= 0.6 is 0 Å². The van der Waals surface area contributed by atoms with Crippen LogP contribution in [0.5, 0.6) is 0 Å². The van der Waals surface area contributed by atoms with Gasteiger partial charge in [-0.2, -0.15) is 8.42 Å². The van der Waals surface area contributed by atoms with Crippen LogP contribution in [0, 0.1) is 0 Å². The average Bonchev–Trinajstić information content (AvgIpc) is 2.28. The van der Waals surface area contributed by atoms with E-state index in [0.29, 0.717) is 12.0 Å². The lowest BCUT2D eigenvalue weighted by molar-refractivity contribution is 0.416. The van der Waals surface area contributed by atoms with Gasteiger partial charge in [0.15, 0.2) is 0 Å². The lowest BCUT2D eigenvalue weighted by Gasteiger charge is -2.16. The van der Waals surface area contributed by atoms with Crippen LogP contribution < -0.4 is 10.5 Å². The predicted molar refractivity (Wildman–Crippen MR) is 55.2 cm³/mol. The third-order valence-electron chi connectivity index (χ3n) is 1.98. The van der Waals surface area contributed by atoms with Gasteiger partial charge in [-0.1, -0.05) is 12.2 Å². The van der Waals surface area contributed by atoms with Crippen molar-refractivity contribution in [1.82, 2.24) is 4.72 Å². The maximum Gasteiger partial charge on any atom is 0.344 e. The number of amidine groups is 1. The Bertz CT molecular complexity index is 525. The standard InChI is InChI=1S/C8H9N3O3S/c9-8-5-3-1-2-4-6(12)7(5)10-15(13,14)11-8/h1,3-4,10,12H,2H2,(H2,9,11). The number of nitrogens with one attached hydrogen (secondary N) is 1. The minimum atomic E-state index is -3.83. The summed E-state index contributed by atoms with van der Waals surface area (Å²) >= 11 is 0. The van der Waals surface area contributed by atoms with Gasteiger partial charge >= 0.3 is 10.2 Å². The first kappa shape index (κ1) is 9.78. The molecule has 7 heteroatoms. The van der Waals surface area contributed by atoms with Crippen molar-refractivity contribution >= 4 is 16.0 Å². The molecule has 0 spiro atoms. The first-order chi connectivity index (χ1) is 6.99. The zero-order valence-corrected chi connectivity index (χ0v) is 8.45. The zero-order valence-electron chi connectivity index (χ0n) is 7.64. The quantitative estimate of drug-likeness (QED) is 0.535. The van der Waals surface area contributed by atoms with E-state index < -0.39 is 10.2 Å². The van der Waals surface area contributed by atoms with Crippen molar-refractivity contribution < 1.29 is 13.5 Å². The van der Waals surface area contributed by atoms with E-state index in [0.717, 1.165) is 0 Å². The molecule has 0 aromatic rings. The first-order valence-electron chi connectivity index (χ1n) is 4.18. The summed E-state index contributed by atoms with van der Waals surface area (Å²) in [5.41, 5.74) is 5.95. The molecular formula is C8H9N3O3S. The molecule has 0 amide bonds. The van der Waals surface area contributed by atoms with E-state index in [-0.39, 0.29) is 17.3 Å². The number of rotatable bonds is 0. The van der Waals surface area contributed by atoms with Crippen LogP contribution in [0.4, 0.5) is 0 Å². The molecule has 0 atom stereocenters. The number of nitrogens with two attached hydrogens (primary N) is 1. The van der Waals surface area contributed by atoms with Gasteiger partial charge in [-0.25, -0.2) is 0 Å². The highest BCUT2D eigenvalue weighted by atomic mass is 32.2. The second kappa shape index (κ2) is 3.13. The van der Waals surface area contributed by atoms with E-state index in [4.69, 9.17) is 5.73 Å². The molecule has 0 radical (unpaired) electrons. The highest BCUT2D eigenvalue weighted by Gasteiger charge is 2.25. The Labute approximate surface area is 86.7 Å². The van der Waals surface area contributed by atoms with Gasteiger partial charge in [0.1, 0.15) is 17.3 Å². The van der Waals surface area contributed by atoms with Gasteiger partial charge in [-0.15, -0.1) is 4.40 Å². The van der Waals surface area contributed by atoms with E-state index in [1.807, 2.05) is 0 Å². The molecule has 2 aliphatic rings. The Morgan fingerprint density at radius 1 is 1.53 bits per heavy atom. The zero-order chi connectivity index (χ0) is 11.1. The van der Waals surface area contributed by atoms with Crippen molar-refractivity contribution in [2.45, 2.75) is 6.42 Å². The number of allylic oxidation sites excluding steroid dienone is 2. The average molecular weight is 227 g/mol. The van der Waals surface area contributed by atoms with Crippen molar-refractivity contribution in [3.8, 4) is 0 Å². The van der Waals surface area contributed by atoms with E-state index in [1.165, 1.54) is 6.08 Å². The van der Waals surface area contributed by atoms with Gasteiger partial charge in [0.05, 0.1) is 0 Å². The van der Waals surface area contributed by atoms with Crippen molar-refractivity contribution in [2.24, 2.45) is 10.1 Å². The molecule has 6 nitrogen and oxygen atoms in total. The summed E-state index contributed by atoms with van der Waals surface area (Å²) in [6, 6.07) is 0. The second-order valence-electron chi connectivity index (χ2n) is 3.07. The lowest BCUT2D eigenvalue weighted by atomic mass is 10.1. The molecule has 80 valence electrons. The summed E-state index contributed by atoms with van der Waals surface area (Å²) in [6.07, 6.45) is 5.36. The van der Waals surface area contributed by atoms with E-state index in [2.05, 4.69) is 9.12 Å². The molecule has 0 bridgehead atoms. The smallest absolute Gasteiger partial charge is 0.344 e. The minimum absolute atomic E-state index is 0.0799. The van der Waals surface area contributed by atoms with Gasteiger partial charge in [0.2, 0.25) is 0 Å². The molecule has 0 unspecified atom stereocenters. The fourth-order valence-corrected chi connectivity index (χ4v) is 2.22. The van der Waals surface area contributed by atoms with Crippen LogP contribution in [-0.2, 0) is 10.2 Å². The molecule has 15 heavy (non-hydrogen) atoms. The van der Waals surface area contributed by atoms with Gasteiger partial charge < -0.3 is 10.8 Å². The molecule has 0 aromatic carbocycles. The number of nitrogens with zero attached hydrogens (tertiary/aromatic N) is 1. The van der Waals surface area contributed by atoms with Crippen LogP contribution in [0.1, 0.15) is 6.42 Å². The molecule has 1 heterocycles.